The van der Waals surface area contributed by atoms with Crippen LogP contribution in [-0.2, 0) is 26.1 Å². The molecule has 0 unspecified atom stereocenters. The summed E-state index contributed by atoms with van der Waals surface area (Å²) in [6, 6.07) is 4.14. The largest absolute Gasteiger partial charge is 0.334 e. The fourth-order valence-corrected chi connectivity index (χ4v) is 2.20. The maximum atomic E-state index is 4.44. The fourth-order valence-electron chi connectivity index (χ4n) is 2.20. The van der Waals surface area contributed by atoms with Crippen LogP contribution in [-0.4, -0.2) is 14.5 Å². The summed E-state index contributed by atoms with van der Waals surface area (Å²) >= 11 is 0. The molecule has 2 rings (SSSR count). The second kappa shape index (κ2) is 7.04. The third kappa shape index (κ3) is 3.64. The molecule has 0 fully saturated rings. The maximum Gasteiger partial charge on any atom is 0.122 e. The van der Waals surface area contributed by atoms with Crippen molar-refractivity contribution < 1.29 is 0 Å². The quantitative estimate of drug-likeness (QED) is 0.830. The Morgan fingerprint density at radius 2 is 2.05 bits per heavy atom. The molecule has 1 N–H and O–H groups in total. The van der Waals surface area contributed by atoms with E-state index in [1.165, 1.54) is 5.56 Å². The first-order chi connectivity index (χ1) is 9.35. The molecule has 0 aromatic carbocycles. The van der Waals surface area contributed by atoms with Crippen molar-refractivity contribution in [2.75, 3.05) is 0 Å². The number of aryl methyl sites for hydroxylation is 2. The molecule has 102 valence electrons. The highest BCUT2D eigenvalue weighted by atomic mass is 15.1. The number of pyridine rings is 1. The van der Waals surface area contributed by atoms with Crippen LogP contribution in [0.3, 0.4) is 0 Å². The molecular formula is C15H22N4. The molecule has 0 amide bonds. The summed E-state index contributed by atoms with van der Waals surface area (Å²) in [5, 5.41) is 3.43. The van der Waals surface area contributed by atoms with E-state index < -0.39 is 0 Å². The molecule has 0 aliphatic heterocycles. The highest BCUT2D eigenvalue weighted by Crippen LogP contribution is 2.06. The summed E-state index contributed by atoms with van der Waals surface area (Å²) in [4.78, 5) is 8.83. The predicted octanol–water partition coefficient (Wildman–Crippen LogP) is 2.54. The predicted molar refractivity (Wildman–Crippen MR) is 76.7 cm³/mol. The minimum atomic E-state index is 0.784. The van der Waals surface area contributed by atoms with Gasteiger partial charge in [0.2, 0.25) is 0 Å². The number of nitrogens with zero attached hydrogens (tertiary/aromatic N) is 3. The molecule has 2 heterocycles. The smallest absolute Gasteiger partial charge is 0.122 e. The Hall–Kier alpha value is -1.68. The Morgan fingerprint density at radius 1 is 1.16 bits per heavy atom. The van der Waals surface area contributed by atoms with E-state index in [9.17, 15) is 0 Å². The molecule has 0 aliphatic rings. The average Bonchev–Trinajstić information content (AvgIpc) is 2.87. The van der Waals surface area contributed by atoms with Gasteiger partial charge in [-0.1, -0.05) is 19.9 Å². The van der Waals surface area contributed by atoms with Crippen molar-refractivity contribution in [3.05, 3.63) is 47.8 Å². The van der Waals surface area contributed by atoms with Gasteiger partial charge < -0.3 is 9.88 Å². The first-order valence-electron chi connectivity index (χ1n) is 6.98. The lowest BCUT2D eigenvalue weighted by molar-refractivity contribution is 0.583. The van der Waals surface area contributed by atoms with Crippen LogP contribution >= 0.6 is 0 Å². The second-order valence-corrected chi connectivity index (χ2v) is 4.60. The zero-order valence-electron chi connectivity index (χ0n) is 11.8. The molecule has 2 aromatic rings. The molecule has 2 aromatic heterocycles. The van der Waals surface area contributed by atoms with Crippen LogP contribution in [0.2, 0.25) is 0 Å². The summed E-state index contributed by atoms with van der Waals surface area (Å²) in [6.07, 6.45) is 7.91. The topological polar surface area (TPSA) is 42.7 Å². The lowest BCUT2D eigenvalue weighted by atomic mass is 10.1. The van der Waals surface area contributed by atoms with Gasteiger partial charge in [-0.25, -0.2) is 4.98 Å². The minimum Gasteiger partial charge on any atom is -0.334 e. The molecular weight excluding hydrogens is 236 g/mol. The molecule has 4 heteroatoms. The Kier molecular flexibility index (Phi) is 5.10. The van der Waals surface area contributed by atoms with Gasteiger partial charge in [-0.05, 0) is 24.5 Å². The Bertz CT molecular complexity index is 504. The van der Waals surface area contributed by atoms with Crippen molar-refractivity contribution in [1.82, 2.24) is 19.9 Å². The van der Waals surface area contributed by atoms with Crippen molar-refractivity contribution in [2.24, 2.45) is 0 Å². The summed E-state index contributed by atoms with van der Waals surface area (Å²) in [7, 11) is 0. The molecule has 0 radical (unpaired) electrons. The van der Waals surface area contributed by atoms with Crippen LogP contribution in [0.25, 0.3) is 0 Å². The Labute approximate surface area is 114 Å². The van der Waals surface area contributed by atoms with Gasteiger partial charge in [-0.3, -0.25) is 4.98 Å². The number of rotatable bonds is 7. The maximum absolute atomic E-state index is 4.44. The molecule has 0 saturated carbocycles. The number of hydrogen-bond acceptors (Lipinski definition) is 3. The Balaban J connectivity index is 1.91. The number of nitrogens with one attached hydrogen (secondary N) is 1. The van der Waals surface area contributed by atoms with E-state index >= 15 is 0 Å². The molecule has 4 nitrogen and oxygen atoms in total. The van der Waals surface area contributed by atoms with Gasteiger partial charge >= 0.3 is 0 Å². The molecule has 0 saturated heterocycles. The van der Waals surface area contributed by atoms with E-state index in [4.69, 9.17) is 0 Å². The van der Waals surface area contributed by atoms with Gasteiger partial charge in [0.25, 0.3) is 0 Å². The van der Waals surface area contributed by atoms with E-state index in [0.29, 0.717) is 0 Å². The van der Waals surface area contributed by atoms with Crippen LogP contribution < -0.4 is 5.32 Å². The number of aromatic nitrogens is 3. The molecule has 0 aliphatic carbocycles. The lowest BCUT2D eigenvalue weighted by Gasteiger charge is -2.09. The van der Waals surface area contributed by atoms with E-state index in [-0.39, 0.29) is 0 Å². The average molecular weight is 258 g/mol. The first-order valence-corrected chi connectivity index (χ1v) is 6.98. The zero-order chi connectivity index (χ0) is 13.5. The van der Waals surface area contributed by atoms with Crippen molar-refractivity contribution in [1.29, 1.82) is 0 Å². The van der Waals surface area contributed by atoms with Gasteiger partial charge in [-0.15, -0.1) is 0 Å². The highest BCUT2D eigenvalue weighted by molar-refractivity contribution is 5.19. The number of imidazole rings is 1. The van der Waals surface area contributed by atoms with Crippen LogP contribution in [0.5, 0.6) is 0 Å². The van der Waals surface area contributed by atoms with Crippen LogP contribution in [0.15, 0.2) is 30.7 Å². The third-order valence-corrected chi connectivity index (χ3v) is 3.21. The summed E-state index contributed by atoms with van der Waals surface area (Å²) < 4.78 is 2.20. The number of hydrogen-bond donors (Lipinski definition) is 1. The molecule has 0 spiro atoms. The minimum absolute atomic E-state index is 0.784. The van der Waals surface area contributed by atoms with Crippen LogP contribution in [0, 0.1) is 0 Å². The van der Waals surface area contributed by atoms with Gasteiger partial charge in [0.1, 0.15) is 5.82 Å². The monoisotopic (exact) mass is 258 g/mol. The summed E-state index contributed by atoms with van der Waals surface area (Å²) in [5.74, 6) is 1.09. The standard InChI is InChI=1S/C15H22N4/c1-3-9-19-10-8-18-15(19)12-16-11-14-13(4-2)6-5-7-17-14/h5-8,10,16H,3-4,9,11-12H2,1-2H3. The van der Waals surface area contributed by atoms with Crippen molar-refractivity contribution in [3.63, 3.8) is 0 Å². The SMILES string of the molecule is CCCn1ccnc1CNCc1ncccc1CC. The summed E-state index contributed by atoms with van der Waals surface area (Å²) in [6.45, 7) is 6.95. The fraction of sp³-hybridized carbons (Fsp3) is 0.467. The highest BCUT2D eigenvalue weighted by Gasteiger charge is 2.04. The molecule has 0 bridgehead atoms. The van der Waals surface area contributed by atoms with Crippen molar-refractivity contribution in [3.8, 4) is 0 Å². The first kappa shape index (κ1) is 13.7. The molecule has 0 atom stereocenters. The van der Waals surface area contributed by atoms with E-state index in [1.54, 1.807) is 0 Å². The summed E-state index contributed by atoms with van der Waals surface area (Å²) in [5.41, 5.74) is 2.45. The molecule has 19 heavy (non-hydrogen) atoms. The second-order valence-electron chi connectivity index (χ2n) is 4.60. The van der Waals surface area contributed by atoms with E-state index in [1.807, 2.05) is 24.7 Å². The van der Waals surface area contributed by atoms with Crippen molar-refractivity contribution >= 4 is 0 Å². The van der Waals surface area contributed by atoms with Crippen molar-refractivity contribution in [2.45, 2.75) is 46.3 Å². The third-order valence-electron chi connectivity index (χ3n) is 3.21. The van der Waals surface area contributed by atoms with Gasteiger partial charge in [0, 0.05) is 31.7 Å². The Morgan fingerprint density at radius 3 is 2.84 bits per heavy atom. The van der Waals surface area contributed by atoms with E-state index in [0.717, 1.165) is 44.0 Å². The zero-order valence-corrected chi connectivity index (χ0v) is 11.8. The van der Waals surface area contributed by atoms with Gasteiger partial charge in [0.15, 0.2) is 0 Å². The van der Waals surface area contributed by atoms with Gasteiger partial charge in [0.05, 0.1) is 12.2 Å². The van der Waals surface area contributed by atoms with Gasteiger partial charge in [-0.2, -0.15) is 0 Å². The van der Waals surface area contributed by atoms with Crippen LogP contribution in [0.4, 0.5) is 0 Å². The lowest BCUT2D eigenvalue weighted by Crippen LogP contribution is -2.18. The van der Waals surface area contributed by atoms with Crippen LogP contribution in [0.1, 0.15) is 37.4 Å². The normalized spacial score (nSPS) is 10.8. The van der Waals surface area contributed by atoms with E-state index in [2.05, 4.69) is 39.8 Å².